The van der Waals surface area contributed by atoms with Crippen LogP contribution in [0.5, 0.6) is 5.75 Å². The number of ether oxygens (including phenoxy) is 1. The second kappa shape index (κ2) is 5.53. The molecule has 0 radical (unpaired) electrons. The Balaban J connectivity index is 2.06. The Bertz CT molecular complexity index is 521. The fourth-order valence-corrected chi connectivity index (χ4v) is 1.76. The van der Waals surface area contributed by atoms with Crippen molar-refractivity contribution in [3.8, 4) is 5.75 Å². The molecule has 0 saturated heterocycles. The van der Waals surface area contributed by atoms with Crippen LogP contribution < -0.4 is 10.5 Å². The first-order chi connectivity index (χ1) is 8.74. The van der Waals surface area contributed by atoms with E-state index in [0.29, 0.717) is 18.0 Å². The van der Waals surface area contributed by atoms with Crippen LogP contribution in [0.3, 0.4) is 0 Å². The van der Waals surface area contributed by atoms with Crippen LogP contribution in [0.15, 0.2) is 24.5 Å². The lowest BCUT2D eigenvalue weighted by atomic mass is 10.1. The molecule has 5 heteroatoms. The third-order valence-electron chi connectivity index (χ3n) is 2.83. The molecular weight excluding hydrogens is 228 g/mol. The Morgan fingerprint density at radius 1 is 1.33 bits per heavy atom. The van der Waals surface area contributed by atoms with Crippen LogP contribution in [0.25, 0.3) is 0 Å². The normalized spacial score (nSPS) is 10.6. The monoisotopic (exact) mass is 246 g/mol. The molecule has 2 N–H and O–H groups in total. The summed E-state index contributed by atoms with van der Waals surface area (Å²) in [5.41, 5.74) is 7.81. The number of hydrogen-bond acceptors (Lipinski definition) is 4. The molecule has 2 aromatic rings. The third-order valence-corrected chi connectivity index (χ3v) is 2.83. The van der Waals surface area contributed by atoms with Gasteiger partial charge in [0.05, 0.1) is 5.69 Å². The molecular formula is C13H18N4O. The van der Waals surface area contributed by atoms with Crippen molar-refractivity contribution in [3.05, 3.63) is 35.9 Å². The van der Waals surface area contributed by atoms with E-state index in [2.05, 4.69) is 17.0 Å². The third kappa shape index (κ3) is 2.61. The molecule has 0 atom stereocenters. The van der Waals surface area contributed by atoms with Crippen LogP contribution in [0.2, 0.25) is 0 Å². The minimum Gasteiger partial charge on any atom is -0.483 e. The van der Waals surface area contributed by atoms with Crippen molar-refractivity contribution >= 4 is 5.69 Å². The van der Waals surface area contributed by atoms with Crippen molar-refractivity contribution in [1.82, 2.24) is 14.8 Å². The molecule has 0 bridgehead atoms. The Hall–Kier alpha value is -2.04. The average molecular weight is 246 g/mol. The zero-order valence-corrected chi connectivity index (χ0v) is 10.8. The van der Waals surface area contributed by atoms with Gasteiger partial charge in [-0.05, 0) is 31.0 Å². The molecule has 0 amide bonds. The summed E-state index contributed by atoms with van der Waals surface area (Å²) in [6.45, 7) is 5.27. The Morgan fingerprint density at radius 2 is 2.17 bits per heavy atom. The van der Waals surface area contributed by atoms with Gasteiger partial charge in [0, 0.05) is 6.54 Å². The van der Waals surface area contributed by atoms with Crippen molar-refractivity contribution in [2.24, 2.45) is 0 Å². The molecule has 0 aliphatic carbocycles. The van der Waals surface area contributed by atoms with Gasteiger partial charge in [0.1, 0.15) is 18.7 Å². The van der Waals surface area contributed by atoms with Crippen molar-refractivity contribution in [1.29, 1.82) is 0 Å². The quantitative estimate of drug-likeness (QED) is 0.820. The van der Waals surface area contributed by atoms with E-state index < -0.39 is 0 Å². The lowest BCUT2D eigenvalue weighted by Gasteiger charge is -2.10. The first kappa shape index (κ1) is 12.4. The summed E-state index contributed by atoms with van der Waals surface area (Å²) in [5.74, 6) is 1.49. The van der Waals surface area contributed by atoms with Gasteiger partial charge in [0.25, 0.3) is 0 Å². The zero-order chi connectivity index (χ0) is 13.0. The van der Waals surface area contributed by atoms with E-state index in [1.54, 1.807) is 4.68 Å². The Labute approximate surface area is 107 Å². The summed E-state index contributed by atoms with van der Waals surface area (Å²) in [5, 5.41) is 4.09. The van der Waals surface area contributed by atoms with Gasteiger partial charge in [0.15, 0.2) is 5.82 Å². The first-order valence-corrected chi connectivity index (χ1v) is 6.12. The van der Waals surface area contributed by atoms with E-state index in [9.17, 15) is 0 Å². The number of hydrogen-bond donors (Lipinski definition) is 1. The number of nitrogens with zero attached hydrogens (tertiary/aromatic N) is 3. The molecule has 1 aromatic carbocycles. The van der Waals surface area contributed by atoms with E-state index in [4.69, 9.17) is 10.5 Å². The van der Waals surface area contributed by atoms with Gasteiger partial charge in [-0.1, -0.05) is 13.0 Å². The number of benzene rings is 1. The number of nitrogens with two attached hydrogens (primary N) is 1. The van der Waals surface area contributed by atoms with Crippen molar-refractivity contribution in [2.45, 2.75) is 33.4 Å². The predicted octanol–water partition coefficient (Wildman–Crippen LogP) is 2.02. The maximum Gasteiger partial charge on any atom is 0.164 e. The van der Waals surface area contributed by atoms with E-state index in [0.717, 1.165) is 18.8 Å². The van der Waals surface area contributed by atoms with Crippen LogP contribution in [0, 0.1) is 0 Å². The summed E-state index contributed by atoms with van der Waals surface area (Å²) in [7, 11) is 0. The highest BCUT2D eigenvalue weighted by molar-refractivity contribution is 5.54. The van der Waals surface area contributed by atoms with E-state index in [1.165, 1.54) is 11.9 Å². The van der Waals surface area contributed by atoms with Gasteiger partial charge in [-0.3, -0.25) is 0 Å². The van der Waals surface area contributed by atoms with Crippen molar-refractivity contribution < 1.29 is 4.74 Å². The predicted molar refractivity (Wildman–Crippen MR) is 70.3 cm³/mol. The molecule has 1 aromatic heterocycles. The summed E-state index contributed by atoms with van der Waals surface area (Å²) in [6.07, 6.45) is 2.50. The zero-order valence-electron chi connectivity index (χ0n) is 10.8. The lowest BCUT2D eigenvalue weighted by Crippen LogP contribution is -2.08. The fourth-order valence-electron chi connectivity index (χ4n) is 1.76. The Morgan fingerprint density at radius 3 is 2.83 bits per heavy atom. The van der Waals surface area contributed by atoms with Gasteiger partial charge < -0.3 is 10.5 Å². The lowest BCUT2D eigenvalue weighted by molar-refractivity contribution is 0.289. The number of anilines is 1. The highest BCUT2D eigenvalue weighted by Crippen LogP contribution is 2.23. The van der Waals surface area contributed by atoms with Crippen LogP contribution in [0.1, 0.15) is 25.2 Å². The largest absolute Gasteiger partial charge is 0.483 e. The SMILES string of the molecule is CCc1ccc(OCc2ncnn2CC)c(N)c1. The Kier molecular flexibility index (Phi) is 3.82. The number of rotatable bonds is 5. The minimum atomic E-state index is 0.378. The molecule has 1 heterocycles. The highest BCUT2D eigenvalue weighted by atomic mass is 16.5. The highest BCUT2D eigenvalue weighted by Gasteiger charge is 2.06. The molecule has 0 aliphatic rings. The van der Waals surface area contributed by atoms with Crippen LogP contribution in [-0.2, 0) is 19.6 Å². The van der Waals surface area contributed by atoms with E-state index >= 15 is 0 Å². The van der Waals surface area contributed by atoms with Crippen LogP contribution >= 0.6 is 0 Å². The van der Waals surface area contributed by atoms with E-state index in [1.807, 2.05) is 25.1 Å². The van der Waals surface area contributed by atoms with Gasteiger partial charge in [-0.25, -0.2) is 9.67 Å². The number of aromatic nitrogens is 3. The molecule has 0 unspecified atom stereocenters. The summed E-state index contributed by atoms with van der Waals surface area (Å²) < 4.78 is 7.48. The molecule has 0 aliphatic heterocycles. The summed E-state index contributed by atoms with van der Waals surface area (Å²) in [6, 6.07) is 5.87. The topological polar surface area (TPSA) is 66.0 Å². The van der Waals surface area contributed by atoms with E-state index in [-0.39, 0.29) is 0 Å². The average Bonchev–Trinajstić information content (AvgIpc) is 2.84. The second-order valence-corrected chi connectivity index (χ2v) is 4.01. The molecule has 0 fully saturated rings. The summed E-state index contributed by atoms with van der Waals surface area (Å²) in [4.78, 5) is 4.15. The minimum absolute atomic E-state index is 0.378. The maximum atomic E-state index is 5.94. The molecule has 96 valence electrons. The molecule has 2 rings (SSSR count). The molecule has 5 nitrogen and oxygen atoms in total. The smallest absolute Gasteiger partial charge is 0.164 e. The molecule has 18 heavy (non-hydrogen) atoms. The van der Waals surface area contributed by atoms with Gasteiger partial charge in [-0.2, -0.15) is 5.10 Å². The van der Waals surface area contributed by atoms with Gasteiger partial charge in [0.2, 0.25) is 0 Å². The second-order valence-electron chi connectivity index (χ2n) is 4.01. The van der Waals surface area contributed by atoms with Crippen LogP contribution in [-0.4, -0.2) is 14.8 Å². The fraction of sp³-hybridized carbons (Fsp3) is 0.385. The number of nitrogen functional groups attached to an aromatic ring is 1. The number of aryl methyl sites for hydroxylation is 2. The maximum absolute atomic E-state index is 5.94. The standard InChI is InChI=1S/C13H18N4O/c1-3-10-5-6-12(11(14)7-10)18-8-13-15-9-16-17(13)4-2/h5-7,9H,3-4,8,14H2,1-2H3. The molecule has 0 saturated carbocycles. The van der Waals surface area contributed by atoms with Crippen LogP contribution in [0.4, 0.5) is 5.69 Å². The van der Waals surface area contributed by atoms with Gasteiger partial charge in [-0.15, -0.1) is 0 Å². The van der Waals surface area contributed by atoms with Gasteiger partial charge >= 0.3 is 0 Å². The summed E-state index contributed by atoms with van der Waals surface area (Å²) >= 11 is 0. The van der Waals surface area contributed by atoms with Crippen molar-refractivity contribution in [3.63, 3.8) is 0 Å². The first-order valence-electron chi connectivity index (χ1n) is 6.12. The van der Waals surface area contributed by atoms with Crippen molar-refractivity contribution in [2.75, 3.05) is 5.73 Å². The molecule has 0 spiro atoms.